The summed E-state index contributed by atoms with van der Waals surface area (Å²) in [6.07, 6.45) is 5.10. The van der Waals surface area contributed by atoms with E-state index in [4.69, 9.17) is 11.0 Å². The van der Waals surface area contributed by atoms with Crippen molar-refractivity contribution in [1.29, 1.82) is 5.26 Å². The molecule has 3 atom stereocenters. The summed E-state index contributed by atoms with van der Waals surface area (Å²) in [5, 5.41) is 8.58. The van der Waals surface area contributed by atoms with Crippen LogP contribution in [0.1, 0.15) is 25.7 Å². The molecule has 1 saturated carbocycles. The van der Waals surface area contributed by atoms with Crippen LogP contribution in [0.2, 0.25) is 0 Å². The molecule has 0 aromatic carbocycles. The molecule has 0 spiro atoms. The highest BCUT2D eigenvalue weighted by Gasteiger charge is 2.35. The number of hydrogen-bond acceptors (Lipinski definition) is 3. The van der Waals surface area contributed by atoms with Gasteiger partial charge < -0.3 is 10.6 Å². The first-order valence-electron chi connectivity index (χ1n) is 5.67. The minimum absolute atomic E-state index is 0.268. The highest BCUT2D eigenvalue weighted by atomic mass is 15.2. The van der Waals surface area contributed by atoms with Crippen LogP contribution in [0.15, 0.2) is 0 Å². The Morgan fingerprint density at radius 2 is 2.00 bits per heavy atom. The van der Waals surface area contributed by atoms with Crippen LogP contribution < -0.4 is 5.73 Å². The highest BCUT2D eigenvalue weighted by Crippen LogP contribution is 2.37. The zero-order valence-electron chi connectivity index (χ0n) is 8.65. The van der Waals surface area contributed by atoms with Crippen LogP contribution in [0.5, 0.6) is 0 Å². The van der Waals surface area contributed by atoms with Gasteiger partial charge in [0.1, 0.15) is 0 Å². The normalized spacial score (nSPS) is 34.0. The average Bonchev–Trinajstić information content (AvgIpc) is 2.73. The quantitative estimate of drug-likeness (QED) is 0.726. The van der Waals surface area contributed by atoms with Gasteiger partial charge in [0.05, 0.1) is 12.1 Å². The Morgan fingerprint density at radius 3 is 2.57 bits per heavy atom. The van der Waals surface area contributed by atoms with E-state index in [-0.39, 0.29) is 6.04 Å². The second kappa shape index (κ2) is 4.29. The van der Waals surface area contributed by atoms with Crippen molar-refractivity contribution in [2.24, 2.45) is 17.6 Å². The Bertz CT molecular complexity index is 221. The first-order chi connectivity index (χ1) is 6.79. The van der Waals surface area contributed by atoms with Gasteiger partial charge in [-0.3, -0.25) is 0 Å². The van der Waals surface area contributed by atoms with Gasteiger partial charge in [0.25, 0.3) is 0 Å². The van der Waals surface area contributed by atoms with E-state index in [1.54, 1.807) is 0 Å². The first-order valence-corrected chi connectivity index (χ1v) is 5.67. The molecule has 3 unspecified atom stereocenters. The monoisotopic (exact) mass is 193 g/mol. The molecule has 0 aromatic rings. The molecule has 14 heavy (non-hydrogen) atoms. The zero-order valence-corrected chi connectivity index (χ0v) is 8.65. The van der Waals surface area contributed by atoms with Crippen molar-refractivity contribution in [1.82, 2.24) is 4.90 Å². The van der Waals surface area contributed by atoms with Gasteiger partial charge >= 0.3 is 0 Å². The van der Waals surface area contributed by atoms with Crippen molar-refractivity contribution in [3.63, 3.8) is 0 Å². The lowest BCUT2D eigenvalue weighted by Crippen LogP contribution is -2.28. The van der Waals surface area contributed by atoms with Crippen LogP contribution in [0.3, 0.4) is 0 Å². The fourth-order valence-corrected chi connectivity index (χ4v) is 2.90. The van der Waals surface area contributed by atoms with Gasteiger partial charge in [-0.2, -0.15) is 5.26 Å². The largest absolute Gasteiger partial charge is 0.316 e. The molecule has 0 aromatic heterocycles. The summed E-state index contributed by atoms with van der Waals surface area (Å²) >= 11 is 0. The van der Waals surface area contributed by atoms with E-state index in [0.29, 0.717) is 0 Å². The molecule has 1 heterocycles. The molecule has 0 bridgehead atoms. The Hall–Kier alpha value is -0.590. The molecule has 78 valence electrons. The smallest absolute Gasteiger partial charge is 0.0940 e. The van der Waals surface area contributed by atoms with E-state index >= 15 is 0 Å². The fraction of sp³-hybridized carbons (Fsp3) is 0.909. The highest BCUT2D eigenvalue weighted by molar-refractivity contribution is 4.91. The summed E-state index contributed by atoms with van der Waals surface area (Å²) in [4.78, 5) is 2.49. The lowest BCUT2D eigenvalue weighted by molar-refractivity contribution is 0.303. The second-order valence-corrected chi connectivity index (χ2v) is 4.73. The molecule has 0 radical (unpaired) electrons. The van der Waals surface area contributed by atoms with Crippen molar-refractivity contribution in [2.45, 2.75) is 31.7 Å². The van der Waals surface area contributed by atoms with E-state index in [2.05, 4.69) is 11.0 Å². The summed E-state index contributed by atoms with van der Waals surface area (Å²) in [7, 11) is 0. The Morgan fingerprint density at radius 1 is 1.36 bits per heavy atom. The molecule has 3 heteroatoms. The molecular weight excluding hydrogens is 174 g/mol. The van der Waals surface area contributed by atoms with Crippen LogP contribution in [-0.4, -0.2) is 30.6 Å². The number of rotatable bonds is 3. The third kappa shape index (κ3) is 2.08. The summed E-state index contributed by atoms with van der Waals surface area (Å²) in [6.45, 7) is 3.52. The summed E-state index contributed by atoms with van der Waals surface area (Å²) in [5.41, 5.74) is 5.58. The van der Waals surface area contributed by atoms with E-state index < -0.39 is 0 Å². The van der Waals surface area contributed by atoms with Gasteiger partial charge in [-0.15, -0.1) is 0 Å². The zero-order chi connectivity index (χ0) is 9.97. The van der Waals surface area contributed by atoms with E-state index in [9.17, 15) is 0 Å². The molecule has 2 N–H and O–H groups in total. The Balaban J connectivity index is 1.72. The van der Waals surface area contributed by atoms with Crippen LogP contribution in [-0.2, 0) is 0 Å². The predicted octanol–water partition coefficient (Wildman–Crippen LogP) is 0.959. The Kier molecular flexibility index (Phi) is 3.05. The predicted molar refractivity (Wildman–Crippen MR) is 55.5 cm³/mol. The molecule has 2 fully saturated rings. The van der Waals surface area contributed by atoms with Gasteiger partial charge in [0.15, 0.2) is 0 Å². The standard InChI is InChI=1S/C11H19N3/c12-6-11(13)4-5-14-7-9-2-1-3-10(9)8-14/h9-11H,1-5,7-8,13H2. The lowest BCUT2D eigenvalue weighted by Gasteiger charge is -2.16. The van der Waals surface area contributed by atoms with Crippen molar-refractivity contribution in [3.8, 4) is 6.07 Å². The molecular formula is C11H19N3. The van der Waals surface area contributed by atoms with Gasteiger partial charge in [0.2, 0.25) is 0 Å². The van der Waals surface area contributed by atoms with Gasteiger partial charge in [-0.05, 0) is 31.1 Å². The summed E-state index contributed by atoms with van der Waals surface area (Å²) < 4.78 is 0. The van der Waals surface area contributed by atoms with Gasteiger partial charge in [0, 0.05) is 19.6 Å². The average molecular weight is 193 g/mol. The minimum atomic E-state index is -0.268. The molecule has 2 aliphatic rings. The second-order valence-electron chi connectivity index (χ2n) is 4.73. The number of fused-ring (bicyclic) bond motifs is 1. The molecule has 3 nitrogen and oxygen atoms in total. The SMILES string of the molecule is N#CC(N)CCN1CC2CCCC2C1. The third-order valence-electron chi connectivity index (χ3n) is 3.72. The van der Waals surface area contributed by atoms with Crippen molar-refractivity contribution in [3.05, 3.63) is 0 Å². The maximum Gasteiger partial charge on any atom is 0.0940 e. The topological polar surface area (TPSA) is 53.1 Å². The van der Waals surface area contributed by atoms with Crippen LogP contribution in [0, 0.1) is 23.2 Å². The lowest BCUT2D eigenvalue weighted by atomic mass is 10.0. The summed E-state index contributed by atoms with van der Waals surface area (Å²) in [6, 6.07) is 1.82. The maximum atomic E-state index is 8.58. The maximum absolute atomic E-state index is 8.58. The van der Waals surface area contributed by atoms with Crippen LogP contribution in [0.4, 0.5) is 0 Å². The van der Waals surface area contributed by atoms with Crippen molar-refractivity contribution >= 4 is 0 Å². The Labute approximate surface area is 85.9 Å². The number of hydrogen-bond donors (Lipinski definition) is 1. The minimum Gasteiger partial charge on any atom is -0.316 e. The number of nitriles is 1. The van der Waals surface area contributed by atoms with E-state index in [1.807, 2.05) is 0 Å². The molecule has 2 rings (SSSR count). The van der Waals surface area contributed by atoms with Gasteiger partial charge in [-0.25, -0.2) is 0 Å². The van der Waals surface area contributed by atoms with Crippen molar-refractivity contribution < 1.29 is 0 Å². The van der Waals surface area contributed by atoms with E-state index in [1.165, 1.54) is 32.4 Å². The van der Waals surface area contributed by atoms with E-state index in [0.717, 1.165) is 24.8 Å². The van der Waals surface area contributed by atoms with Crippen molar-refractivity contribution in [2.75, 3.05) is 19.6 Å². The first kappa shape index (κ1) is 9.95. The number of nitrogens with two attached hydrogens (primary N) is 1. The number of nitrogens with zero attached hydrogens (tertiary/aromatic N) is 2. The van der Waals surface area contributed by atoms with Gasteiger partial charge in [-0.1, -0.05) is 6.42 Å². The molecule has 1 aliphatic carbocycles. The molecule has 0 amide bonds. The van der Waals surface area contributed by atoms with Crippen LogP contribution >= 0.6 is 0 Å². The van der Waals surface area contributed by atoms with Crippen LogP contribution in [0.25, 0.3) is 0 Å². The summed E-state index contributed by atoms with van der Waals surface area (Å²) in [5.74, 6) is 1.90. The molecule has 1 saturated heterocycles. The third-order valence-corrected chi connectivity index (χ3v) is 3.72. The molecule has 1 aliphatic heterocycles. The number of likely N-dealkylation sites (tertiary alicyclic amines) is 1. The fourth-order valence-electron chi connectivity index (χ4n) is 2.90.